The first kappa shape index (κ1) is 19.5. The van der Waals surface area contributed by atoms with E-state index in [1.807, 2.05) is 39.0 Å². The third-order valence-electron chi connectivity index (χ3n) is 5.27. The summed E-state index contributed by atoms with van der Waals surface area (Å²) in [6.45, 7) is 6.36. The average Bonchev–Trinajstić information content (AvgIpc) is 2.95. The lowest BCUT2D eigenvalue weighted by atomic mass is 9.80. The van der Waals surface area contributed by atoms with E-state index in [-0.39, 0.29) is 24.0 Å². The number of ether oxygens (including phenoxy) is 2. The monoisotopic (exact) mass is 374 g/mol. The van der Waals surface area contributed by atoms with Crippen LogP contribution in [0.1, 0.15) is 58.4 Å². The molecule has 6 heteroatoms. The molecule has 0 aromatic heterocycles. The molecule has 1 aliphatic carbocycles. The summed E-state index contributed by atoms with van der Waals surface area (Å²) in [5.41, 5.74) is 0.00397. The highest BCUT2D eigenvalue weighted by atomic mass is 16.5. The number of para-hydroxylation sites is 1. The Bertz CT molecular complexity index is 708. The number of carbonyl (C=O) groups excluding carboxylic acids is 2. The number of carbonyl (C=O) groups is 2. The van der Waals surface area contributed by atoms with Gasteiger partial charge in [0.1, 0.15) is 11.1 Å². The van der Waals surface area contributed by atoms with E-state index in [4.69, 9.17) is 9.47 Å². The number of benzene rings is 1. The summed E-state index contributed by atoms with van der Waals surface area (Å²) in [4.78, 5) is 25.1. The highest BCUT2D eigenvalue weighted by molar-refractivity contribution is 5.92. The predicted molar refractivity (Wildman–Crippen MR) is 103 cm³/mol. The molecule has 2 N–H and O–H groups in total. The Hall–Kier alpha value is -2.24. The van der Waals surface area contributed by atoms with Crippen molar-refractivity contribution in [1.29, 1.82) is 0 Å². The van der Waals surface area contributed by atoms with Gasteiger partial charge < -0.3 is 20.1 Å². The fraction of sp³-hybridized carbons (Fsp3) is 0.619. The molecule has 1 aromatic rings. The van der Waals surface area contributed by atoms with Gasteiger partial charge in [-0.2, -0.15) is 0 Å². The first-order valence-electron chi connectivity index (χ1n) is 9.88. The molecule has 2 amide bonds. The van der Waals surface area contributed by atoms with Crippen LogP contribution in [0.2, 0.25) is 0 Å². The second-order valence-electron chi connectivity index (χ2n) is 8.12. The number of rotatable bonds is 6. The highest BCUT2D eigenvalue weighted by Gasteiger charge is 2.40. The van der Waals surface area contributed by atoms with Gasteiger partial charge in [-0.15, -0.1) is 0 Å². The summed E-state index contributed by atoms with van der Waals surface area (Å²) in [5, 5.41) is 5.82. The molecule has 0 spiro atoms. The van der Waals surface area contributed by atoms with Crippen LogP contribution in [-0.2, 0) is 16.0 Å². The Balaban J connectivity index is 1.64. The Labute approximate surface area is 161 Å². The van der Waals surface area contributed by atoms with Crippen LogP contribution in [0.25, 0.3) is 0 Å². The summed E-state index contributed by atoms with van der Waals surface area (Å²) in [5.74, 6) is 0.914. The third kappa shape index (κ3) is 4.37. The van der Waals surface area contributed by atoms with Crippen molar-refractivity contribution < 1.29 is 19.1 Å². The van der Waals surface area contributed by atoms with Crippen LogP contribution in [0, 0.1) is 0 Å². The number of hydrogen-bond acceptors (Lipinski definition) is 4. The van der Waals surface area contributed by atoms with Gasteiger partial charge in [0.05, 0.1) is 0 Å². The summed E-state index contributed by atoms with van der Waals surface area (Å²) < 4.78 is 11.7. The van der Waals surface area contributed by atoms with Crippen LogP contribution in [0.3, 0.4) is 0 Å². The third-order valence-corrected chi connectivity index (χ3v) is 5.27. The Morgan fingerprint density at radius 3 is 2.63 bits per heavy atom. The normalized spacial score (nSPS) is 19.5. The Kier molecular flexibility index (Phi) is 5.63. The van der Waals surface area contributed by atoms with Crippen molar-refractivity contribution in [3.63, 3.8) is 0 Å². The Morgan fingerprint density at radius 2 is 1.93 bits per heavy atom. The van der Waals surface area contributed by atoms with Gasteiger partial charge >= 0.3 is 0 Å². The molecule has 0 unspecified atom stereocenters. The predicted octanol–water partition coefficient (Wildman–Crippen LogP) is 2.73. The van der Waals surface area contributed by atoms with Crippen molar-refractivity contribution in [3.8, 4) is 11.5 Å². The molecule has 1 heterocycles. The molecule has 3 rings (SSSR count). The molecule has 1 aromatic carbocycles. The van der Waals surface area contributed by atoms with E-state index >= 15 is 0 Å². The lowest BCUT2D eigenvalue weighted by Gasteiger charge is -2.36. The van der Waals surface area contributed by atoms with Gasteiger partial charge in [0.2, 0.25) is 5.91 Å². The lowest BCUT2D eigenvalue weighted by molar-refractivity contribution is -0.135. The summed E-state index contributed by atoms with van der Waals surface area (Å²) in [6, 6.07) is 5.74. The fourth-order valence-electron chi connectivity index (χ4n) is 4.04. The van der Waals surface area contributed by atoms with E-state index in [1.165, 1.54) is 0 Å². The van der Waals surface area contributed by atoms with Gasteiger partial charge in [0.15, 0.2) is 18.1 Å². The van der Waals surface area contributed by atoms with Crippen molar-refractivity contribution in [2.45, 2.75) is 70.4 Å². The molecule has 1 fully saturated rings. The largest absolute Gasteiger partial charge is 0.483 e. The van der Waals surface area contributed by atoms with Gasteiger partial charge in [0, 0.05) is 18.5 Å². The smallest absolute Gasteiger partial charge is 0.258 e. The maximum absolute atomic E-state index is 12.6. The molecule has 0 bridgehead atoms. The molecular formula is C21H30N2O4. The number of fused-ring (bicyclic) bond motifs is 1. The second-order valence-corrected chi connectivity index (χ2v) is 8.12. The van der Waals surface area contributed by atoms with E-state index in [0.29, 0.717) is 30.9 Å². The van der Waals surface area contributed by atoms with Gasteiger partial charge in [-0.25, -0.2) is 0 Å². The minimum absolute atomic E-state index is 0.0938. The van der Waals surface area contributed by atoms with E-state index in [2.05, 4.69) is 10.6 Å². The zero-order valence-corrected chi connectivity index (χ0v) is 16.5. The molecule has 27 heavy (non-hydrogen) atoms. The first-order chi connectivity index (χ1) is 12.9. The molecular weight excluding hydrogens is 344 g/mol. The van der Waals surface area contributed by atoms with Crippen LogP contribution in [0.5, 0.6) is 11.5 Å². The maximum Gasteiger partial charge on any atom is 0.258 e. The standard InChI is InChI=1S/C21H30N2O4/c1-4-22-19(25)21(11-6-5-7-12-21)23-17(24)14-26-16-10-8-9-15-13-20(2,3)27-18(15)16/h8-10H,4-7,11-14H2,1-3H3,(H,22,25)(H,23,24). The minimum Gasteiger partial charge on any atom is -0.483 e. The van der Waals surface area contributed by atoms with Crippen molar-refractivity contribution in [2.24, 2.45) is 0 Å². The summed E-state index contributed by atoms with van der Waals surface area (Å²) >= 11 is 0. The van der Waals surface area contributed by atoms with Gasteiger partial charge in [-0.3, -0.25) is 9.59 Å². The van der Waals surface area contributed by atoms with Crippen molar-refractivity contribution in [3.05, 3.63) is 23.8 Å². The number of hydrogen-bond donors (Lipinski definition) is 2. The molecule has 0 atom stereocenters. The van der Waals surface area contributed by atoms with E-state index in [0.717, 1.165) is 31.2 Å². The molecule has 1 saturated carbocycles. The number of amides is 2. The molecule has 6 nitrogen and oxygen atoms in total. The van der Waals surface area contributed by atoms with Crippen molar-refractivity contribution in [2.75, 3.05) is 13.2 Å². The van der Waals surface area contributed by atoms with Crippen molar-refractivity contribution >= 4 is 11.8 Å². The number of nitrogens with one attached hydrogen (secondary N) is 2. The lowest BCUT2D eigenvalue weighted by Crippen LogP contribution is -2.60. The maximum atomic E-state index is 12.6. The molecule has 0 radical (unpaired) electrons. The SMILES string of the molecule is CCNC(=O)C1(NC(=O)COc2cccc3c2OC(C)(C)C3)CCCCC1. The van der Waals surface area contributed by atoms with E-state index in [9.17, 15) is 9.59 Å². The second kappa shape index (κ2) is 7.79. The summed E-state index contributed by atoms with van der Waals surface area (Å²) in [7, 11) is 0. The average molecular weight is 374 g/mol. The van der Waals surface area contributed by atoms with Gasteiger partial charge in [-0.05, 0) is 39.7 Å². The minimum atomic E-state index is -0.814. The quantitative estimate of drug-likeness (QED) is 0.803. The van der Waals surface area contributed by atoms with Crippen molar-refractivity contribution in [1.82, 2.24) is 10.6 Å². The molecule has 2 aliphatic rings. The summed E-state index contributed by atoms with van der Waals surface area (Å²) in [6.07, 6.45) is 5.12. The number of likely N-dealkylation sites (N-methyl/N-ethyl adjacent to an activating group) is 1. The first-order valence-corrected chi connectivity index (χ1v) is 9.88. The van der Waals surface area contributed by atoms with Gasteiger partial charge in [-0.1, -0.05) is 31.4 Å². The molecule has 0 saturated heterocycles. The molecule has 148 valence electrons. The van der Waals surface area contributed by atoms with E-state index in [1.54, 1.807) is 0 Å². The topological polar surface area (TPSA) is 76.7 Å². The van der Waals surface area contributed by atoms with Crippen LogP contribution in [-0.4, -0.2) is 36.1 Å². The van der Waals surface area contributed by atoms with Crippen LogP contribution in [0.4, 0.5) is 0 Å². The van der Waals surface area contributed by atoms with Gasteiger partial charge in [0.25, 0.3) is 5.91 Å². The van der Waals surface area contributed by atoms with Crippen LogP contribution >= 0.6 is 0 Å². The fourth-order valence-corrected chi connectivity index (χ4v) is 4.04. The Morgan fingerprint density at radius 1 is 1.19 bits per heavy atom. The zero-order valence-electron chi connectivity index (χ0n) is 16.5. The van der Waals surface area contributed by atoms with Crippen LogP contribution < -0.4 is 20.1 Å². The molecule has 1 aliphatic heterocycles. The zero-order chi connectivity index (χ0) is 19.5. The highest BCUT2D eigenvalue weighted by Crippen LogP contribution is 2.41. The van der Waals surface area contributed by atoms with Crippen LogP contribution in [0.15, 0.2) is 18.2 Å². The van der Waals surface area contributed by atoms with E-state index < -0.39 is 5.54 Å².